The first-order chi connectivity index (χ1) is 12.5. The van der Waals surface area contributed by atoms with Crippen molar-refractivity contribution in [1.82, 2.24) is 20.2 Å². The molecule has 2 heterocycles. The highest BCUT2D eigenvalue weighted by Crippen LogP contribution is 2.35. The van der Waals surface area contributed by atoms with Crippen LogP contribution in [0.4, 0.5) is 0 Å². The number of benzene rings is 1. The van der Waals surface area contributed by atoms with Gasteiger partial charge in [-0.15, -0.1) is 10.2 Å². The number of hydrogen-bond acceptors (Lipinski definition) is 7. The van der Waals surface area contributed by atoms with Gasteiger partial charge < -0.3 is 20.6 Å². The Morgan fingerprint density at radius 1 is 1.50 bits per heavy atom. The van der Waals surface area contributed by atoms with Crippen LogP contribution in [0, 0.1) is 6.92 Å². The van der Waals surface area contributed by atoms with E-state index in [-0.39, 0.29) is 17.8 Å². The van der Waals surface area contributed by atoms with Crippen molar-refractivity contribution >= 4 is 17.7 Å². The molecule has 1 aromatic carbocycles. The molecule has 1 aromatic heterocycles. The first-order valence-electron chi connectivity index (χ1n) is 8.49. The van der Waals surface area contributed by atoms with Crippen LogP contribution in [0.15, 0.2) is 17.3 Å². The largest absolute Gasteiger partial charge is 0.494 e. The molecule has 2 aromatic rings. The van der Waals surface area contributed by atoms with E-state index >= 15 is 0 Å². The summed E-state index contributed by atoms with van der Waals surface area (Å²) in [6.07, 6.45) is 1.04. The predicted molar refractivity (Wildman–Crippen MR) is 98.9 cm³/mol. The second-order valence-corrected chi connectivity index (χ2v) is 7.04. The highest BCUT2D eigenvalue weighted by Gasteiger charge is 2.22. The van der Waals surface area contributed by atoms with Gasteiger partial charge in [0.05, 0.1) is 12.4 Å². The van der Waals surface area contributed by atoms with Gasteiger partial charge in [0.15, 0.2) is 0 Å². The minimum Gasteiger partial charge on any atom is -0.494 e. The maximum absolute atomic E-state index is 12.2. The van der Waals surface area contributed by atoms with E-state index < -0.39 is 0 Å². The molecule has 1 amide bonds. The van der Waals surface area contributed by atoms with Gasteiger partial charge in [0, 0.05) is 24.1 Å². The number of nitrogens with two attached hydrogens (primary N) is 1. The average molecular weight is 377 g/mol. The van der Waals surface area contributed by atoms with E-state index in [1.165, 1.54) is 16.4 Å². The number of aryl methyl sites for hydroxylation is 1. The maximum atomic E-state index is 12.2. The van der Waals surface area contributed by atoms with Gasteiger partial charge in [-0.3, -0.25) is 4.79 Å². The molecule has 26 heavy (non-hydrogen) atoms. The molecule has 1 aliphatic heterocycles. The number of nitrogens with one attached hydrogen (secondary N) is 1. The summed E-state index contributed by atoms with van der Waals surface area (Å²) in [6, 6.07) is 3.97. The number of rotatable bonds is 7. The summed E-state index contributed by atoms with van der Waals surface area (Å²) in [5, 5.41) is 11.2. The molecule has 0 bridgehead atoms. The van der Waals surface area contributed by atoms with Crippen LogP contribution in [0.25, 0.3) is 0 Å². The van der Waals surface area contributed by atoms with Gasteiger partial charge in [0.2, 0.25) is 11.1 Å². The molecule has 0 fully saturated rings. The van der Waals surface area contributed by atoms with E-state index in [1.54, 1.807) is 6.92 Å². The van der Waals surface area contributed by atoms with Gasteiger partial charge in [0.25, 0.3) is 0 Å². The third kappa shape index (κ3) is 4.04. The van der Waals surface area contributed by atoms with Crippen molar-refractivity contribution < 1.29 is 14.3 Å². The molecule has 0 spiro atoms. The predicted octanol–water partition coefficient (Wildman–Crippen LogP) is 1.43. The van der Waals surface area contributed by atoms with E-state index in [0.29, 0.717) is 24.1 Å². The summed E-state index contributed by atoms with van der Waals surface area (Å²) >= 11 is 1.24. The molecule has 1 atom stereocenters. The number of fused-ring (bicyclic) bond motifs is 1. The van der Waals surface area contributed by atoms with Crippen molar-refractivity contribution in [2.45, 2.75) is 45.0 Å². The Labute approximate surface area is 156 Å². The van der Waals surface area contributed by atoms with Crippen LogP contribution in [0.3, 0.4) is 0 Å². The summed E-state index contributed by atoms with van der Waals surface area (Å²) < 4.78 is 12.9. The summed E-state index contributed by atoms with van der Waals surface area (Å²) in [6.45, 7) is 6.67. The summed E-state index contributed by atoms with van der Waals surface area (Å²) in [5.41, 5.74) is 2.04. The fraction of sp³-hybridized carbons (Fsp3) is 0.471. The Bertz CT molecular complexity index is 808. The maximum Gasteiger partial charge on any atom is 0.230 e. The van der Waals surface area contributed by atoms with E-state index in [1.807, 2.05) is 26.0 Å². The van der Waals surface area contributed by atoms with Crippen molar-refractivity contribution in [1.29, 1.82) is 0 Å². The number of aromatic nitrogens is 3. The van der Waals surface area contributed by atoms with E-state index in [0.717, 1.165) is 29.0 Å². The second-order valence-electron chi connectivity index (χ2n) is 6.10. The minimum atomic E-state index is -0.118. The number of nitrogen functional groups attached to an aromatic ring is 1. The Balaban J connectivity index is 1.60. The monoisotopic (exact) mass is 377 g/mol. The van der Waals surface area contributed by atoms with Crippen LogP contribution in [0.2, 0.25) is 0 Å². The van der Waals surface area contributed by atoms with E-state index in [9.17, 15) is 4.79 Å². The van der Waals surface area contributed by atoms with Crippen molar-refractivity contribution in [3.8, 4) is 11.5 Å². The Morgan fingerprint density at radius 2 is 2.31 bits per heavy atom. The Hall–Kier alpha value is -2.42. The number of ether oxygens (including phenoxy) is 2. The molecule has 3 rings (SSSR count). The zero-order valence-electron chi connectivity index (χ0n) is 15.1. The lowest BCUT2D eigenvalue weighted by Gasteiger charge is -2.13. The number of nitrogens with zero attached hydrogens (tertiary/aromatic N) is 3. The molecular formula is C17H23N5O3S. The molecule has 8 nitrogen and oxygen atoms in total. The highest BCUT2D eigenvalue weighted by atomic mass is 32.2. The molecule has 0 radical (unpaired) electrons. The lowest BCUT2D eigenvalue weighted by Crippen LogP contribution is -2.25. The topological polar surface area (TPSA) is 104 Å². The quantitative estimate of drug-likeness (QED) is 0.555. The van der Waals surface area contributed by atoms with Crippen molar-refractivity contribution in [2.24, 2.45) is 0 Å². The van der Waals surface area contributed by atoms with E-state index in [4.69, 9.17) is 15.3 Å². The van der Waals surface area contributed by atoms with Crippen molar-refractivity contribution in [3.63, 3.8) is 0 Å². The third-order valence-electron chi connectivity index (χ3n) is 4.02. The van der Waals surface area contributed by atoms with Crippen molar-refractivity contribution in [3.05, 3.63) is 29.1 Å². The molecule has 0 saturated carbocycles. The smallest absolute Gasteiger partial charge is 0.230 e. The lowest BCUT2D eigenvalue weighted by molar-refractivity contribution is -0.118. The zero-order valence-corrected chi connectivity index (χ0v) is 15.9. The molecule has 0 aliphatic carbocycles. The van der Waals surface area contributed by atoms with Crippen LogP contribution in [0.1, 0.15) is 30.8 Å². The molecule has 3 N–H and O–H groups in total. The molecule has 140 valence electrons. The van der Waals surface area contributed by atoms with Crippen LogP contribution >= 0.6 is 11.8 Å². The van der Waals surface area contributed by atoms with Gasteiger partial charge in [-0.2, -0.15) is 0 Å². The fourth-order valence-corrected chi connectivity index (χ4v) is 3.46. The first kappa shape index (κ1) is 18.4. The molecule has 0 saturated heterocycles. The third-order valence-corrected chi connectivity index (χ3v) is 4.97. The van der Waals surface area contributed by atoms with Crippen molar-refractivity contribution in [2.75, 3.05) is 18.2 Å². The SMILES string of the molecule is CCOc1cc2c(cc1CNC(=O)CSc1nnc(C)n1N)O[C@@H](C)C2. The summed E-state index contributed by atoms with van der Waals surface area (Å²) in [5.74, 6) is 8.12. The highest BCUT2D eigenvalue weighted by molar-refractivity contribution is 7.99. The lowest BCUT2D eigenvalue weighted by atomic mass is 10.1. The van der Waals surface area contributed by atoms with Crippen LogP contribution in [-0.4, -0.2) is 39.2 Å². The number of amides is 1. The van der Waals surface area contributed by atoms with Gasteiger partial charge in [-0.1, -0.05) is 11.8 Å². The fourth-order valence-electron chi connectivity index (χ4n) is 2.73. The molecule has 0 unspecified atom stereocenters. The van der Waals surface area contributed by atoms with Crippen LogP contribution in [0.5, 0.6) is 11.5 Å². The van der Waals surface area contributed by atoms with Gasteiger partial charge in [0.1, 0.15) is 23.4 Å². The van der Waals surface area contributed by atoms with Crippen LogP contribution < -0.4 is 20.6 Å². The van der Waals surface area contributed by atoms with Crippen LogP contribution in [-0.2, 0) is 17.8 Å². The van der Waals surface area contributed by atoms with Gasteiger partial charge in [-0.05, 0) is 32.9 Å². The van der Waals surface area contributed by atoms with Gasteiger partial charge >= 0.3 is 0 Å². The molecular weight excluding hydrogens is 354 g/mol. The number of hydrogen-bond donors (Lipinski definition) is 2. The first-order valence-corrected chi connectivity index (χ1v) is 9.48. The summed E-state index contributed by atoms with van der Waals surface area (Å²) in [7, 11) is 0. The number of thioether (sulfide) groups is 1. The average Bonchev–Trinajstić information content (AvgIpc) is 3.12. The zero-order chi connectivity index (χ0) is 18.7. The normalized spacial score (nSPS) is 15.4. The number of carbonyl (C=O) groups excluding carboxylic acids is 1. The Kier molecular flexibility index (Phi) is 5.55. The van der Waals surface area contributed by atoms with E-state index in [2.05, 4.69) is 15.5 Å². The Morgan fingerprint density at radius 3 is 3.00 bits per heavy atom. The minimum absolute atomic E-state index is 0.118. The second kappa shape index (κ2) is 7.86. The molecule has 9 heteroatoms. The summed E-state index contributed by atoms with van der Waals surface area (Å²) in [4.78, 5) is 12.2. The van der Waals surface area contributed by atoms with Gasteiger partial charge in [-0.25, -0.2) is 4.68 Å². The molecule has 1 aliphatic rings. The number of carbonyl (C=O) groups is 1. The standard InChI is InChI=1S/C17H23N5O3S/c1-4-24-14-6-12-5-10(2)25-15(12)7-13(14)8-19-16(23)9-26-17-21-20-11(3)22(17)18/h6-7,10H,4-5,8-9,18H2,1-3H3,(H,19,23)/t10-/m0/s1.